The van der Waals surface area contributed by atoms with Crippen LogP contribution in [-0.4, -0.2) is 14.4 Å². The highest BCUT2D eigenvalue weighted by Crippen LogP contribution is 2.30. The number of nitrogens with zero attached hydrogens (tertiary/aromatic N) is 3. The van der Waals surface area contributed by atoms with Gasteiger partial charge in [0.25, 0.3) is 0 Å². The van der Waals surface area contributed by atoms with Crippen molar-refractivity contribution in [1.82, 2.24) is 14.4 Å². The third-order valence-electron chi connectivity index (χ3n) is 3.60. The lowest BCUT2D eigenvalue weighted by Crippen LogP contribution is -1.92. The van der Waals surface area contributed by atoms with Gasteiger partial charge in [0.05, 0.1) is 16.4 Å². The third kappa shape index (κ3) is 3.01. The van der Waals surface area contributed by atoms with E-state index in [9.17, 15) is 0 Å². The van der Waals surface area contributed by atoms with Crippen LogP contribution < -0.4 is 5.32 Å². The summed E-state index contributed by atoms with van der Waals surface area (Å²) in [7, 11) is 0. The first kappa shape index (κ1) is 15.9. The van der Waals surface area contributed by atoms with E-state index in [-0.39, 0.29) is 0 Å². The summed E-state index contributed by atoms with van der Waals surface area (Å²) in [6.45, 7) is 1.99. The van der Waals surface area contributed by atoms with E-state index < -0.39 is 0 Å². The highest BCUT2D eigenvalue weighted by atomic mass is 127. The molecule has 0 saturated carbocycles. The highest BCUT2D eigenvalue weighted by Gasteiger charge is 2.14. The summed E-state index contributed by atoms with van der Waals surface area (Å²) in [5, 5.41) is 6.90. The predicted molar refractivity (Wildman–Crippen MR) is 108 cm³/mol. The number of thiazole rings is 1. The number of aromatic nitrogens is 3. The number of rotatable bonds is 3. The van der Waals surface area contributed by atoms with Crippen molar-refractivity contribution < 1.29 is 0 Å². The molecule has 0 fully saturated rings. The van der Waals surface area contributed by atoms with Gasteiger partial charge in [0.2, 0.25) is 0 Å². The molecule has 0 atom stereocenters. The first-order chi connectivity index (χ1) is 11.6. The summed E-state index contributed by atoms with van der Waals surface area (Å²) < 4.78 is 3.19. The molecule has 1 N–H and O–H groups in total. The van der Waals surface area contributed by atoms with Crippen molar-refractivity contribution >= 4 is 62.0 Å². The Hall–Kier alpha value is -1.64. The van der Waals surface area contributed by atoms with Crippen molar-refractivity contribution in [3.63, 3.8) is 0 Å². The van der Waals surface area contributed by atoms with Crippen LogP contribution in [0.25, 0.3) is 17.0 Å². The summed E-state index contributed by atoms with van der Waals surface area (Å²) in [5.41, 5.74) is 4.68. The zero-order valence-corrected chi connectivity index (χ0v) is 16.4. The number of nitrogens with one attached hydrogen (secondary N) is 1. The number of pyridine rings is 1. The molecule has 4 nitrogen and oxygen atoms in total. The Balaban J connectivity index is 1.71. The van der Waals surface area contributed by atoms with E-state index in [0.717, 1.165) is 33.5 Å². The zero-order valence-electron chi connectivity index (χ0n) is 12.6. The number of hydrogen-bond acceptors (Lipinski definition) is 4. The second kappa shape index (κ2) is 6.34. The monoisotopic (exact) mass is 466 g/mol. The SMILES string of the molecule is Cc1nc2ccc(Cl)cn2c1-c1csc(Nc2ccc(I)cc2)n1. The van der Waals surface area contributed by atoms with Crippen molar-refractivity contribution in [3.05, 3.63) is 62.3 Å². The van der Waals surface area contributed by atoms with E-state index in [2.05, 4.69) is 45.0 Å². The van der Waals surface area contributed by atoms with Crippen LogP contribution in [0.5, 0.6) is 0 Å². The Morgan fingerprint density at radius 3 is 2.71 bits per heavy atom. The molecule has 0 unspecified atom stereocenters. The van der Waals surface area contributed by atoms with Gasteiger partial charge in [-0.3, -0.25) is 4.40 Å². The number of hydrogen-bond donors (Lipinski definition) is 1. The fraction of sp³-hybridized carbons (Fsp3) is 0.0588. The lowest BCUT2D eigenvalue weighted by Gasteiger charge is -2.02. The van der Waals surface area contributed by atoms with Gasteiger partial charge in [-0.05, 0) is 65.9 Å². The van der Waals surface area contributed by atoms with Crippen molar-refractivity contribution in [3.8, 4) is 11.4 Å². The van der Waals surface area contributed by atoms with Gasteiger partial charge < -0.3 is 5.32 Å². The minimum absolute atomic E-state index is 0.675. The molecule has 3 heterocycles. The van der Waals surface area contributed by atoms with Crippen LogP contribution in [0.2, 0.25) is 5.02 Å². The van der Waals surface area contributed by atoms with E-state index in [0.29, 0.717) is 5.02 Å². The number of benzene rings is 1. The van der Waals surface area contributed by atoms with Crippen LogP contribution in [0.4, 0.5) is 10.8 Å². The topological polar surface area (TPSA) is 42.2 Å². The van der Waals surface area contributed by atoms with Crippen molar-refractivity contribution in [1.29, 1.82) is 0 Å². The van der Waals surface area contributed by atoms with Crippen LogP contribution in [0.3, 0.4) is 0 Å². The lowest BCUT2D eigenvalue weighted by atomic mass is 10.3. The Morgan fingerprint density at radius 1 is 1.12 bits per heavy atom. The molecule has 0 bridgehead atoms. The van der Waals surface area contributed by atoms with E-state index in [1.54, 1.807) is 11.3 Å². The van der Waals surface area contributed by atoms with E-state index in [4.69, 9.17) is 16.6 Å². The number of imidazole rings is 1. The highest BCUT2D eigenvalue weighted by molar-refractivity contribution is 14.1. The Bertz CT molecular complexity index is 1020. The average molecular weight is 467 g/mol. The van der Waals surface area contributed by atoms with E-state index in [1.165, 1.54) is 3.57 Å². The first-order valence-corrected chi connectivity index (χ1v) is 9.56. The lowest BCUT2D eigenvalue weighted by molar-refractivity contribution is 1.17. The largest absolute Gasteiger partial charge is 0.332 e. The van der Waals surface area contributed by atoms with Gasteiger partial charge in [0.15, 0.2) is 5.13 Å². The van der Waals surface area contributed by atoms with Gasteiger partial charge in [-0.15, -0.1) is 11.3 Å². The maximum absolute atomic E-state index is 6.13. The molecule has 24 heavy (non-hydrogen) atoms. The standard InChI is InChI=1S/C17H12ClIN4S/c1-10-16(23-8-11(18)2-7-15(23)20-10)14-9-24-17(22-14)21-13-5-3-12(19)4-6-13/h2-9H,1H3,(H,21,22). The van der Waals surface area contributed by atoms with Gasteiger partial charge in [0.1, 0.15) is 11.3 Å². The summed E-state index contributed by atoms with van der Waals surface area (Å²) in [4.78, 5) is 9.29. The predicted octanol–water partition coefficient (Wildman–Crippen LogP) is 5.77. The molecule has 0 aliphatic heterocycles. The van der Waals surface area contributed by atoms with Crippen LogP contribution in [0, 0.1) is 10.5 Å². The summed E-state index contributed by atoms with van der Waals surface area (Å²) in [6.07, 6.45) is 1.87. The minimum Gasteiger partial charge on any atom is -0.332 e. The second-order valence-corrected chi connectivity index (χ2v) is 7.83. The third-order valence-corrected chi connectivity index (χ3v) is 5.30. The van der Waals surface area contributed by atoms with Crippen LogP contribution in [0.1, 0.15) is 5.69 Å². The minimum atomic E-state index is 0.675. The molecule has 4 rings (SSSR count). The van der Waals surface area contributed by atoms with E-state index in [1.807, 2.05) is 47.2 Å². The molecule has 4 aromatic rings. The van der Waals surface area contributed by atoms with E-state index >= 15 is 0 Å². The van der Waals surface area contributed by atoms with Crippen molar-refractivity contribution in [2.45, 2.75) is 6.92 Å². The van der Waals surface area contributed by atoms with Crippen LogP contribution in [-0.2, 0) is 0 Å². The summed E-state index contributed by atoms with van der Waals surface area (Å²) >= 11 is 9.99. The molecular formula is C17H12ClIN4S. The molecule has 0 aliphatic rings. The smallest absolute Gasteiger partial charge is 0.187 e. The summed E-state index contributed by atoms with van der Waals surface area (Å²) in [5.74, 6) is 0. The number of fused-ring (bicyclic) bond motifs is 1. The Morgan fingerprint density at radius 2 is 1.92 bits per heavy atom. The first-order valence-electron chi connectivity index (χ1n) is 7.23. The molecule has 1 aromatic carbocycles. The average Bonchev–Trinajstić information content (AvgIpc) is 3.12. The number of halogens is 2. The quantitative estimate of drug-likeness (QED) is 0.390. The van der Waals surface area contributed by atoms with Crippen molar-refractivity contribution in [2.75, 3.05) is 5.32 Å². The fourth-order valence-electron chi connectivity index (χ4n) is 2.54. The zero-order chi connectivity index (χ0) is 16.7. The van der Waals surface area contributed by atoms with Gasteiger partial charge >= 0.3 is 0 Å². The normalized spacial score (nSPS) is 11.1. The van der Waals surface area contributed by atoms with Crippen molar-refractivity contribution in [2.24, 2.45) is 0 Å². The number of anilines is 2. The fourth-order valence-corrected chi connectivity index (χ4v) is 3.78. The molecule has 0 saturated heterocycles. The molecule has 0 amide bonds. The van der Waals surface area contributed by atoms with Crippen LogP contribution >= 0.6 is 45.5 Å². The second-order valence-electron chi connectivity index (χ2n) is 5.29. The van der Waals surface area contributed by atoms with Gasteiger partial charge in [-0.25, -0.2) is 9.97 Å². The molecule has 0 aliphatic carbocycles. The maximum Gasteiger partial charge on any atom is 0.187 e. The number of aryl methyl sites for hydroxylation is 1. The molecular weight excluding hydrogens is 455 g/mol. The Labute approximate surface area is 161 Å². The molecule has 7 heteroatoms. The molecule has 120 valence electrons. The van der Waals surface area contributed by atoms with Crippen LogP contribution in [0.15, 0.2) is 48.0 Å². The maximum atomic E-state index is 6.13. The Kier molecular flexibility index (Phi) is 4.19. The van der Waals surface area contributed by atoms with Gasteiger partial charge in [-0.2, -0.15) is 0 Å². The summed E-state index contributed by atoms with van der Waals surface area (Å²) in [6, 6.07) is 12.0. The molecule has 0 radical (unpaired) electrons. The molecule has 3 aromatic heterocycles. The molecule has 0 spiro atoms. The van der Waals surface area contributed by atoms with Gasteiger partial charge in [-0.1, -0.05) is 11.6 Å². The van der Waals surface area contributed by atoms with Gasteiger partial charge in [0, 0.05) is 20.8 Å².